The lowest BCUT2D eigenvalue weighted by atomic mass is 10.2. The van der Waals surface area contributed by atoms with E-state index in [-0.39, 0.29) is 12.3 Å². The van der Waals surface area contributed by atoms with Crippen LogP contribution >= 0.6 is 0 Å². The third-order valence-electron chi connectivity index (χ3n) is 1.23. The van der Waals surface area contributed by atoms with Crippen molar-refractivity contribution in [2.24, 2.45) is 0 Å². The molecule has 0 bridgehead atoms. The number of rotatable bonds is 0. The molecule has 0 aromatic carbocycles. The van der Waals surface area contributed by atoms with E-state index in [1.54, 1.807) is 13.0 Å². The minimum absolute atomic E-state index is 0.253. The molecule has 3 amide bonds. The van der Waals surface area contributed by atoms with Crippen LogP contribution in [-0.4, -0.2) is 11.9 Å². The largest absolute Gasteiger partial charge is 0.325 e. The Bertz CT molecular complexity index is 190. The van der Waals surface area contributed by atoms with Crippen LogP contribution in [0.5, 0.6) is 0 Å². The van der Waals surface area contributed by atoms with Crippen molar-refractivity contribution in [3.8, 4) is 0 Å². The Morgan fingerprint density at radius 2 is 2.10 bits per heavy atom. The second-order valence-corrected chi connectivity index (χ2v) is 1.99. The fourth-order valence-corrected chi connectivity index (χ4v) is 0.739. The second kappa shape index (κ2) is 2.51. The Morgan fingerprint density at radius 1 is 1.40 bits per heavy atom. The predicted molar refractivity (Wildman–Crippen MR) is 35.0 cm³/mol. The molecule has 0 aromatic heterocycles. The summed E-state index contributed by atoms with van der Waals surface area (Å²) in [4.78, 5) is 21.2. The predicted octanol–water partition coefficient (Wildman–Crippen LogP) is 0.120. The van der Waals surface area contributed by atoms with Crippen LogP contribution in [0.2, 0.25) is 0 Å². The molecule has 0 unspecified atom stereocenters. The zero-order valence-corrected chi connectivity index (χ0v) is 5.60. The van der Waals surface area contributed by atoms with Crippen molar-refractivity contribution in [3.63, 3.8) is 0 Å². The van der Waals surface area contributed by atoms with Crippen LogP contribution in [0.3, 0.4) is 0 Å². The van der Waals surface area contributed by atoms with E-state index in [0.717, 1.165) is 0 Å². The molecule has 2 N–H and O–H groups in total. The van der Waals surface area contributed by atoms with Crippen LogP contribution in [0.25, 0.3) is 0 Å². The van der Waals surface area contributed by atoms with Gasteiger partial charge in [-0.2, -0.15) is 0 Å². The summed E-state index contributed by atoms with van der Waals surface area (Å²) in [6.07, 6.45) is 1.97. The van der Waals surface area contributed by atoms with Gasteiger partial charge in [0, 0.05) is 5.70 Å². The molecule has 1 aliphatic heterocycles. The fraction of sp³-hybridized carbons (Fsp3) is 0.333. The number of imide groups is 1. The van der Waals surface area contributed by atoms with E-state index in [4.69, 9.17) is 0 Å². The number of urea groups is 1. The van der Waals surface area contributed by atoms with Crippen molar-refractivity contribution in [1.82, 2.24) is 10.6 Å². The Kier molecular flexibility index (Phi) is 1.71. The normalized spacial score (nSPS) is 22.3. The highest BCUT2D eigenvalue weighted by molar-refractivity contribution is 5.99. The molecule has 0 atom stereocenters. The molecule has 1 fully saturated rings. The Hall–Kier alpha value is -1.32. The number of amides is 3. The highest BCUT2D eigenvalue weighted by Gasteiger charge is 2.16. The van der Waals surface area contributed by atoms with Gasteiger partial charge < -0.3 is 5.32 Å². The minimum atomic E-state index is -0.440. The first-order valence-corrected chi connectivity index (χ1v) is 2.98. The van der Waals surface area contributed by atoms with Crippen LogP contribution in [0.1, 0.15) is 13.3 Å². The summed E-state index contributed by atoms with van der Waals surface area (Å²) in [5.74, 6) is -0.253. The summed E-state index contributed by atoms with van der Waals surface area (Å²) in [5, 5.41) is 4.60. The van der Waals surface area contributed by atoms with Gasteiger partial charge in [-0.05, 0) is 6.92 Å². The Labute approximate surface area is 58.3 Å². The lowest BCUT2D eigenvalue weighted by molar-refractivity contribution is -0.119. The van der Waals surface area contributed by atoms with E-state index < -0.39 is 6.03 Å². The Balaban J connectivity index is 2.68. The van der Waals surface area contributed by atoms with Crippen molar-refractivity contribution < 1.29 is 9.59 Å². The maximum atomic E-state index is 10.6. The molecule has 1 saturated heterocycles. The van der Waals surface area contributed by atoms with Gasteiger partial charge in [-0.15, -0.1) is 0 Å². The number of nitrogens with one attached hydrogen (secondary N) is 2. The second-order valence-electron chi connectivity index (χ2n) is 1.99. The lowest BCUT2D eigenvalue weighted by Gasteiger charge is -2.14. The molecule has 1 heterocycles. The first-order valence-electron chi connectivity index (χ1n) is 2.98. The van der Waals surface area contributed by atoms with Gasteiger partial charge in [-0.3, -0.25) is 10.1 Å². The van der Waals surface area contributed by atoms with Crippen LogP contribution in [0.4, 0.5) is 4.79 Å². The van der Waals surface area contributed by atoms with Crippen molar-refractivity contribution in [1.29, 1.82) is 0 Å². The number of hydrogen-bond acceptors (Lipinski definition) is 2. The molecule has 0 radical (unpaired) electrons. The smallest absolute Gasteiger partial charge is 0.311 e. The summed E-state index contributed by atoms with van der Waals surface area (Å²) >= 11 is 0. The van der Waals surface area contributed by atoms with Crippen LogP contribution in [0, 0.1) is 0 Å². The van der Waals surface area contributed by atoms with E-state index in [0.29, 0.717) is 5.70 Å². The molecule has 0 aliphatic carbocycles. The summed E-state index contributed by atoms with van der Waals surface area (Å²) < 4.78 is 0. The van der Waals surface area contributed by atoms with Crippen molar-refractivity contribution >= 4 is 11.9 Å². The molecule has 0 saturated carbocycles. The van der Waals surface area contributed by atoms with Crippen LogP contribution in [0.15, 0.2) is 11.8 Å². The minimum Gasteiger partial charge on any atom is -0.311 e. The van der Waals surface area contributed by atoms with Gasteiger partial charge in [0.2, 0.25) is 5.91 Å². The lowest BCUT2D eigenvalue weighted by Crippen LogP contribution is -2.44. The molecule has 0 aromatic rings. The molecule has 0 spiro atoms. The van der Waals surface area contributed by atoms with Gasteiger partial charge in [0.05, 0.1) is 6.42 Å². The first kappa shape index (κ1) is 6.80. The molecular formula is C6H8N2O2. The summed E-state index contributed by atoms with van der Waals surface area (Å²) in [6.45, 7) is 1.77. The molecule has 4 heteroatoms. The van der Waals surface area contributed by atoms with Gasteiger partial charge in [0.15, 0.2) is 0 Å². The van der Waals surface area contributed by atoms with E-state index in [2.05, 4.69) is 10.6 Å². The quantitative estimate of drug-likeness (QED) is 0.502. The van der Waals surface area contributed by atoms with E-state index in [9.17, 15) is 9.59 Å². The van der Waals surface area contributed by atoms with Crippen molar-refractivity contribution in [3.05, 3.63) is 11.8 Å². The van der Waals surface area contributed by atoms with E-state index in [1.165, 1.54) is 0 Å². The van der Waals surface area contributed by atoms with Gasteiger partial charge in [0.1, 0.15) is 0 Å². The van der Waals surface area contributed by atoms with Crippen molar-refractivity contribution in [2.75, 3.05) is 0 Å². The van der Waals surface area contributed by atoms with Crippen LogP contribution < -0.4 is 10.6 Å². The highest BCUT2D eigenvalue weighted by atomic mass is 16.2. The molecule has 10 heavy (non-hydrogen) atoms. The van der Waals surface area contributed by atoms with Crippen molar-refractivity contribution in [2.45, 2.75) is 13.3 Å². The average molecular weight is 140 g/mol. The molecule has 1 rings (SSSR count). The van der Waals surface area contributed by atoms with E-state index >= 15 is 0 Å². The zero-order valence-electron chi connectivity index (χ0n) is 5.60. The fourth-order valence-electron chi connectivity index (χ4n) is 0.739. The maximum Gasteiger partial charge on any atom is 0.325 e. The summed E-state index contributed by atoms with van der Waals surface area (Å²) in [5.41, 5.74) is 0.661. The van der Waals surface area contributed by atoms with Gasteiger partial charge in [0.25, 0.3) is 0 Å². The summed E-state index contributed by atoms with van der Waals surface area (Å²) in [6, 6.07) is -0.440. The summed E-state index contributed by atoms with van der Waals surface area (Å²) in [7, 11) is 0. The monoisotopic (exact) mass is 140 g/mol. The third-order valence-corrected chi connectivity index (χ3v) is 1.23. The third kappa shape index (κ3) is 1.34. The topological polar surface area (TPSA) is 58.2 Å². The first-order chi connectivity index (χ1) is 4.72. The average Bonchev–Trinajstić information content (AvgIpc) is 1.85. The highest BCUT2D eigenvalue weighted by Crippen LogP contribution is 2.00. The molecule has 4 nitrogen and oxygen atoms in total. The Morgan fingerprint density at radius 3 is 2.60 bits per heavy atom. The van der Waals surface area contributed by atoms with Gasteiger partial charge in [-0.25, -0.2) is 4.79 Å². The number of carbonyl (C=O) groups excluding carboxylic acids is 2. The maximum absolute atomic E-state index is 10.6. The molecular weight excluding hydrogens is 132 g/mol. The standard InChI is InChI=1S/C6H8N2O2/c1-2-4-3-5(9)8-6(10)7-4/h2H,3H2,1H3,(H2,7,8,9,10). The van der Waals surface area contributed by atoms with Gasteiger partial charge in [-0.1, -0.05) is 6.08 Å². The number of hydrogen-bond donors (Lipinski definition) is 2. The van der Waals surface area contributed by atoms with E-state index in [1.807, 2.05) is 0 Å². The van der Waals surface area contributed by atoms with Crippen LogP contribution in [-0.2, 0) is 4.79 Å². The zero-order chi connectivity index (χ0) is 7.56. The number of carbonyl (C=O) groups is 2. The van der Waals surface area contributed by atoms with Gasteiger partial charge >= 0.3 is 6.03 Å². The molecule has 1 aliphatic rings. The number of allylic oxidation sites excluding steroid dienone is 1. The SMILES string of the molecule is CC=C1CC(=O)NC(=O)N1. The molecule has 54 valence electrons.